The average Bonchev–Trinajstić information content (AvgIpc) is 3.25. The lowest BCUT2D eigenvalue weighted by Gasteiger charge is -2.36. The second-order valence-corrected chi connectivity index (χ2v) is 7.94. The Kier molecular flexibility index (Phi) is 5.49. The van der Waals surface area contributed by atoms with Crippen LogP contribution in [-0.2, 0) is 0 Å². The predicted octanol–water partition coefficient (Wildman–Crippen LogP) is 3.79. The molecule has 1 aliphatic heterocycles. The van der Waals surface area contributed by atoms with Crippen LogP contribution in [0.4, 0.5) is 5.69 Å². The lowest BCUT2D eigenvalue weighted by Crippen LogP contribution is -2.49. The van der Waals surface area contributed by atoms with E-state index in [-0.39, 0.29) is 5.91 Å². The highest BCUT2D eigenvalue weighted by atomic mass is 32.1. The van der Waals surface area contributed by atoms with Crippen molar-refractivity contribution in [3.63, 3.8) is 0 Å². The average molecular weight is 409 g/mol. The van der Waals surface area contributed by atoms with Gasteiger partial charge in [0.15, 0.2) is 0 Å². The number of ether oxygens (including phenoxy) is 1. The highest BCUT2D eigenvalue weighted by molar-refractivity contribution is 7.08. The van der Waals surface area contributed by atoms with Gasteiger partial charge in [-0.15, -0.1) is 5.10 Å². The van der Waals surface area contributed by atoms with E-state index in [1.54, 1.807) is 7.11 Å². The zero-order valence-corrected chi connectivity index (χ0v) is 17.7. The minimum atomic E-state index is -0.00145. The molecule has 0 atom stereocenters. The van der Waals surface area contributed by atoms with E-state index in [1.165, 1.54) is 16.8 Å². The Morgan fingerprint density at radius 1 is 1.07 bits per heavy atom. The molecular formula is C22H24N4O2S. The molecule has 0 aliphatic carbocycles. The number of piperazine rings is 1. The summed E-state index contributed by atoms with van der Waals surface area (Å²) in [7, 11) is 1.62. The Balaban J connectivity index is 1.50. The van der Waals surface area contributed by atoms with Crippen LogP contribution in [0.1, 0.15) is 20.8 Å². The molecule has 29 heavy (non-hydrogen) atoms. The number of methoxy groups -OCH3 is 1. The summed E-state index contributed by atoms with van der Waals surface area (Å²) in [5.74, 6) is 0.731. The number of hydrogen-bond donors (Lipinski definition) is 0. The first-order valence-electron chi connectivity index (χ1n) is 9.65. The zero-order chi connectivity index (χ0) is 20.4. The van der Waals surface area contributed by atoms with Crippen molar-refractivity contribution in [2.24, 2.45) is 0 Å². The Bertz CT molecular complexity index is 1030. The van der Waals surface area contributed by atoms with E-state index in [1.807, 2.05) is 29.2 Å². The number of aromatic nitrogens is 2. The Labute approximate surface area is 174 Å². The van der Waals surface area contributed by atoms with Crippen LogP contribution in [0.2, 0.25) is 0 Å². The van der Waals surface area contributed by atoms with Crippen LogP contribution in [0.5, 0.6) is 5.75 Å². The normalized spacial score (nSPS) is 14.2. The molecule has 1 aromatic heterocycles. The van der Waals surface area contributed by atoms with Crippen LogP contribution in [0.15, 0.2) is 42.5 Å². The molecule has 3 aromatic rings. The van der Waals surface area contributed by atoms with E-state index >= 15 is 0 Å². The van der Waals surface area contributed by atoms with Crippen molar-refractivity contribution < 1.29 is 9.53 Å². The van der Waals surface area contributed by atoms with Gasteiger partial charge in [0, 0.05) is 37.4 Å². The molecule has 1 aliphatic rings. The number of aryl methyl sites for hydroxylation is 1. The third kappa shape index (κ3) is 3.82. The standard InChI is InChI=1S/C22H24N4O2S/c1-15-6-4-9-19(16(15)2)25-10-12-26(13-11-25)22(27)21-20(23-24-29-21)17-7-5-8-18(14-17)28-3/h4-9,14H,10-13H2,1-3H3. The first-order chi connectivity index (χ1) is 14.1. The number of carbonyl (C=O) groups is 1. The monoisotopic (exact) mass is 408 g/mol. The molecule has 7 heteroatoms. The molecule has 2 heterocycles. The molecule has 1 saturated heterocycles. The molecule has 1 fully saturated rings. The van der Waals surface area contributed by atoms with Crippen molar-refractivity contribution in [2.75, 3.05) is 38.2 Å². The number of amides is 1. The van der Waals surface area contributed by atoms with Gasteiger partial charge in [0.05, 0.1) is 7.11 Å². The van der Waals surface area contributed by atoms with E-state index < -0.39 is 0 Å². The van der Waals surface area contributed by atoms with Crippen LogP contribution in [0.3, 0.4) is 0 Å². The maximum atomic E-state index is 13.2. The summed E-state index contributed by atoms with van der Waals surface area (Å²) in [6.07, 6.45) is 0. The largest absolute Gasteiger partial charge is 0.497 e. The third-order valence-corrected chi connectivity index (χ3v) is 6.22. The molecule has 6 nitrogen and oxygen atoms in total. The molecule has 0 bridgehead atoms. The lowest BCUT2D eigenvalue weighted by atomic mass is 10.1. The van der Waals surface area contributed by atoms with Gasteiger partial charge in [-0.3, -0.25) is 4.79 Å². The van der Waals surface area contributed by atoms with E-state index in [9.17, 15) is 4.79 Å². The minimum absolute atomic E-state index is 0.00145. The van der Waals surface area contributed by atoms with Gasteiger partial charge in [0.25, 0.3) is 5.91 Å². The molecule has 4 rings (SSSR count). The molecular weight excluding hydrogens is 384 g/mol. The van der Waals surface area contributed by atoms with Gasteiger partial charge < -0.3 is 14.5 Å². The SMILES string of the molecule is COc1cccc(-c2nnsc2C(=O)N2CCN(c3cccc(C)c3C)CC2)c1. The maximum Gasteiger partial charge on any atom is 0.268 e. The van der Waals surface area contributed by atoms with E-state index in [0.29, 0.717) is 23.7 Å². The van der Waals surface area contributed by atoms with Gasteiger partial charge in [0.1, 0.15) is 16.3 Å². The second-order valence-electron chi connectivity index (χ2n) is 7.18. The van der Waals surface area contributed by atoms with Crippen molar-refractivity contribution in [1.82, 2.24) is 14.5 Å². The predicted molar refractivity (Wildman–Crippen MR) is 116 cm³/mol. The molecule has 0 unspecified atom stereocenters. The van der Waals surface area contributed by atoms with Gasteiger partial charge in [-0.05, 0) is 54.7 Å². The first-order valence-corrected chi connectivity index (χ1v) is 10.4. The van der Waals surface area contributed by atoms with Crippen LogP contribution < -0.4 is 9.64 Å². The Morgan fingerprint density at radius 2 is 1.83 bits per heavy atom. The molecule has 0 radical (unpaired) electrons. The van der Waals surface area contributed by atoms with Crippen molar-refractivity contribution in [3.05, 3.63) is 58.5 Å². The molecule has 0 spiro atoms. The smallest absolute Gasteiger partial charge is 0.268 e. The van der Waals surface area contributed by atoms with Crippen LogP contribution in [0, 0.1) is 13.8 Å². The summed E-state index contributed by atoms with van der Waals surface area (Å²) in [6, 6.07) is 14.0. The number of hydrogen-bond acceptors (Lipinski definition) is 6. The van der Waals surface area contributed by atoms with Crippen molar-refractivity contribution in [3.8, 4) is 17.0 Å². The number of carbonyl (C=O) groups excluding carboxylic acids is 1. The zero-order valence-electron chi connectivity index (χ0n) is 16.9. The molecule has 150 valence electrons. The summed E-state index contributed by atoms with van der Waals surface area (Å²) >= 11 is 1.15. The first kappa shape index (κ1) is 19.4. The van der Waals surface area contributed by atoms with Gasteiger partial charge >= 0.3 is 0 Å². The highest BCUT2D eigenvalue weighted by Crippen LogP contribution is 2.29. The summed E-state index contributed by atoms with van der Waals surface area (Å²) in [4.78, 5) is 18.0. The lowest BCUT2D eigenvalue weighted by molar-refractivity contribution is 0.0752. The Hall–Kier alpha value is -2.93. The number of nitrogens with zero attached hydrogens (tertiary/aromatic N) is 4. The van der Waals surface area contributed by atoms with E-state index in [0.717, 1.165) is 35.9 Å². The number of benzene rings is 2. The Morgan fingerprint density at radius 3 is 2.59 bits per heavy atom. The van der Waals surface area contributed by atoms with Gasteiger partial charge in [-0.2, -0.15) is 0 Å². The third-order valence-electron chi connectivity index (χ3n) is 5.51. The summed E-state index contributed by atoms with van der Waals surface area (Å²) in [5, 5.41) is 4.22. The van der Waals surface area contributed by atoms with Crippen LogP contribution in [0.25, 0.3) is 11.3 Å². The summed E-state index contributed by atoms with van der Waals surface area (Å²) in [6.45, 7) is 7.29. The van der Waals surface area contributed by atoms with Gasteiger partial charge in [0.2, 0.25) is 0 Å². The summed E-state index contributed by atoms with van der Waals surface area (Å²) in [5.41, 5.74) is 5.32. The van der Waals surface area contributed by atoms with Gasteiger partial charge in [-0.1, -0.05) is 28.8 Å². The van der Waals surface area contributed by atoms with E-state index in [4.69, 9.17) is 4.74 Å². The molecule has 0 saturated carbocycles. The number of anilines is 1. The van der Waals surface area contributed by atoms with Crippen LogP contribution >= 0.6 is 11.5 Å². The molecule has 0 N–H and O–H groups in total. The van der Waals surface area contributed by atoms with Gasteiger partial charge in [-0.25, -0.2) is 0 Å². The van der Waals surface area contributed by atoms with Crippen molar-refractivity contribution in [1.29, 1.82) is 0 Å². The highest BCUT2D eigenvalue weighted by Gasteiger charge is 2.27. The molecule has 1 amide bonds. The second kappa shape index (κ2) is 8.21. The molecule has 2 aromatic carbocycles. The van der Waals surface area contributed by atoms with Crippen LogP contribution in [-0.4, -0.2) is 53.7 Å². The minimum Gasteiger partial charge on any atom is -0.497 e. The fraction of sp³-hybridized carbons (Fsp3) is 0.318. The van der Waals surface area contributed by atoms with Crippen molar-refractivity contribution >= 4 is 23.1 Å². The van der Waals surface area contributed by atoms with E-state index in [2.05, 4.69) is 46.5 Å². The quantitative estimate of drug-likeness (QED) is 0.657. The number of rotatable bonds is 4. The van der Waals surface area contributed by atoms with Crippen molar-refractivity contribution in [2.45, 2.75) is 13.8 Å². The maximum absolute atomic E-state index is 13.2. The fourth-order valence-corrected chi connectivity index (χ4v) is 4.32. The fourth-order valence-electron chi connectivity index (χ4n) is 3.66. The topological polar surface area (TPSA) is 58.6 Å². The summed E-state index contributed by atoms with van der Waals surface area (Å²) < 4.78 is 9.34.